The fourth-order valence-electron chi connectivity index (χ4n) is 7.61. The van der Waals surface area contributed by atoms with E-state index in [1.165, 1.54) is 0 Å². The summed E-state index contributed by atoms with van der Waals surface area (Å²) in [5, 5.41) is 16.8. The standard InChI is InChI=1S/C42H38N3O4P/c1-4-22-42(3)38(45(24-25-50(46,47)48)40-35-20-12-10-18-33(35)32-17-9-11-19-34(32)39(40)42)21-13-8-16-31(28-43)41-44(23-5-2)36-26-29-14-6-7-15-30(29)27-37(36)49-41/h4,6-21,26-27H,1,5,22-25H2,2-3H3,(H-,46,47,48)/p+1. The lowest BCUT2D eigenvalue weighted by molar-refractivity contribution is -0.678. The van der Waals surface area contributed by atoms with Crippen molar-refractivity contribution in [1.82, 2.24) is 0 Å². The summed E-state index contributed by atoms with van der Waals surface area (Å²) in [6, 6.07) is 31.2. The van der Waals surface area contributed by atoms with Gasteiger partial charge in [-0.3, -0.25) is 4.57 Å². The lowest BCUT2D eigenvalue weighted by Gasteiger charge is -2.30. The first-order valence-electron chi connectivity index (χ1n) is 16.9. The van der Waals surface area contributed by atoms with E-state index < -0.39 is 13.0 Å². The molecule has 250 valence electrons. The van der Waals surface area contributed by atoms with Crippen molar-refractivity contribution in [2.75, 3.05) is 17.6 Å². The van der Waals surface area contributed by atoms with Crippen LogP contribution in [0.25, 0.3) is 49.0 Å². The van der Waals surface area contributed by atoms with Gasteiger partial charge >= 0.3 is 13.5 Å². The van der Waals surface area contributed by atoms with Crippen LogP contribution in [0.1, 0.15) is 38.1 Å². The van der Waals surface area contributed by atoms with Gasteiger partial charge < -0.3 is 19.1 Å². The summed E-state index contributed by atoms with van der Waals surface area (Å²) in [5.41, 5.74) is 4.49. The van der Waals surface area contributed by atoms with E-state index in [2.05, 4.69) is 78.4 Å². The minimum Gasteiger partial charge on any atom is -0.397 e. The zero-order valence-corrected chi connectivity index (χ0v) is 29.1. The molecule has 0 amide bonds. The number of aromatic nitrogens is 1. The number of aryl methyl sites for hydroxylation is 1. The Hall–Kier alpha value is -5.25. The van der Waals surface area contributed by atoms with E-state index in [0.29, 0.717) is 24.4 Å². The maximum Gasteiger partial charge on any atom is 0.392 e. The Morgan fingerprint density at radius 1 is 0.980 bits per heavy atom. The first-order valence-corrected chi connectivity index (χ1v) is 18.7. The van der Waals surface area contributed by atoms with E-state index in [1.54, 1.807) is 6.08 Å². The third kappa shape index (κ3) is 5.76. The van der Waals surface area contributed by atoms with Gasteiger partial charge in [0.25, 0.3) is 5.52 Å². The Kier molecular flexibility index (Phi) is 8.80. The molecule has 8 heteroatoms. The molecule has 1 aliphatic rings. The lowest BCUT2D eigenvalue weighted by atomic mass is 9.75. The predicted molar refractivity (Wildman–Crippen MR) is 203 cm³/mol. The van der Waals surface area contributed by atoms with Crippen molar-refractivity contribution >= 4 is 62.3 Å². The first kappa shape index (κ1) is 33.3. The van der Waals surface area contributed by atoms with Crippen molar-refractivity contribution in [2.24, 2.45) is 0 Å². The molecule has 2 N–H and O–H groups in total. The van der Waals surface area contributed by atoms with Crippen LogP contribution < -0.4 is 9.47 Å². The molecule has 5 aromatic carbocycles. The zero-order chi connectivity index (χ0) is 35.0. The first-order chi connectivity index (χ1) is 24.2. The molecule has 0 bridgehead atoms. The Labute approximate surface area is 291 Å². The summed E-state index contributed by atoms with van der Waals surface area (Å²) in [4.78, 5) is 22.1. The van der Waals surface area contributed by atoms with Gasteiger partial charge in [0.05, 0.1) is 11.8 Å². The third-order valence-electron chi connectivity index (χ3n) is 9.75. The largest absolute Gasteiger partial charge is 0.397 e. The number of rotatable bonds is 10. The highest BCUT2D eigenvalue weighted by Crippen LogP contribution is 2.56. The smallest absolute Gasteiger partial charge is 0.392 e. The van der Waals surface area contributed by atoms with Crippen molar-refractivity contribution in [2.45, 2.75) is 38.6 Å². The van der Waals surface area contributed by atoms with Crippen LogP contribution in [0, 0.1) is 11.3 Å². The van der Waals surface area contributed by atoms with E-state index in [-0.39, 0.29) is 12.7 Å². The van der Waals surface area contributed by atoms with Crippen LogP contribution in [0.3, 0.4) is 0 Å². The van der Waals surface area contributed by atoms with Crippen molar-refractivity contribution in [3.8, 4) is 6.07 Å². The summed E-state index contributed by atoms with van der Waals surface area (Å²) in [5.74, 6) is 0.503. The van der Waals surface area contributed by atoms with Crippen molar-refractivity contribution in [3.63, 3.8) is 0 Å². The molecule has 0 saturated heterocycles. The van der Waals surface area contributed by atoms with E-state index in [9.17, 15) is 19.6 Å². The average Bonchev–Trinajstić information content (AvgIpc) is 3.57. The van der Waals surface area contributed by atoms with Crippen molar-refractivity contribution < 1.29 is 23.3 Å². The Bertz CT molecular complexity index is 2500. The monoisotopic (exact) mass is 680 g/mol. The number of hydrogen-bond donors (Lipinski definition) is 2. The quantitative estimate of drug-likeness (QED) is 0.0373. The molecule has 7 nitrogen and oxygen atoms in total. The molecule has 1 unspecified atom stereocenters. The summed E-state index contributed by atoms with van der Waals surface area (Å²) in [6.07, 6.45) is 10.6. The van der Waals surface area contributed by atoms with Gasteiger partial charge in [-0.2, -0.15) is 9.83 Å². The Morgan fingerprint density at radius 3 is 2.28 bits per heavy atom. The number of allylic oxidation sites excluding steroid dienone is 7. The van der Waals surface area contributed by atoms with E-state index in [1.807, 2.05) is 66.8 Å². The molecule has 50 heavy (non-hydrogen) atoms. The average molecular weight is 681 g/mol. The highest BCUT2D eigenvalue weighted by Gasteiger charge is 2.45. The van der Waals surface area contributed by atoms with Crippen molar-refractivity contribution in [3.05, 3.63) is 139 Å². The number of anilines is 1. The zero-order valence-electron chi connectivity index (χ0n) is 28.2. The van der Waals surface area contributed by atoms with Crippen LogP contribution >= 0.6 is 7.60 Å². The Morgan fingerprint density at radius 2 is 1.62 bits per heavy atom. The summed E-state index contributed by atoms with van der Waals surface area (Å²) < 4.78 is 20.7. The maximum atomic E-state index is 12.2. The second-order valence-electron chi connectivity index (χ2n) is 13.0. The summed E-state index contributed by atoms with van der Waals surface area (Å²) >= 11 is 0. The molecule has 0 saturated carbocycles. The van der Waals surface area contributed by atoms with Crippen molar-refractivity contribution in [1.29, 1.82) is 5.26 Å². The van der Waals surface area contributed by atoms with Crippen LogP contribution in [0.4, 0.5) is 5.69 Å². The topological polar surface area (TPSA) is 102 Å². The number of oxazole rings is 1. The summed E-state index contributed by atoms with van der Waals surface area (Å²) in [7, 11) is -4.31. The Balaban J connectivity index is 1.37. The van der Waals surface area contributed by atoms with E-state index in [4.69, 9.17) is 4.42 Å². The van der Waals surface area contributed by atoms with Crippen LogP contribution in [-0.2, 0) is 16.5 Å². The SMILES string of the molecule is C=CCC1(C)/C(=C/C=C/C=C(\C#N)c2oc3cc4ccccc4cc3[n+]2CCC)N(CCP(=O)(O)O)c2c1c1ccccc1c1ccccc21. The number of benzene rings is 5. The van der Waals surface area contributed by atoms with Gasteiger partial charge in [0.1, 0.15) is 6.07 Å². The molecule has 0 fully saturated rings. The molecule has 0 radical (unpaired) electrons. The molecule has 6 aromatic rings. The molecule has 1 atom stereocenters. The molecular formula is C42H39N3O4P+. The van der Waals surface area contributed by atoms with E-state index in [0.717, 1.165) is 66.8 Å². The lowest BCUT2D eigenvalue weighted by Crippen LogP contribution is -2.35. The van der Waals surface area contributed by atoms with Crippen LogP contribution in [0.15, 0.2) is 132 Å². The molecule has 1 aromatic heterocycles. The second-order valence-corrected chi connectivity index (χ2v) is 14.8. The second kappa shape index (κ2) is 13.2. The third-order valence-corrected chi connectivity index (χ3v) is 10.5. The fraction of sp³-hybridized carbons (Fsp3) is 0.190. The van der Waals surface area contributed by atoms with Crippen LogP contribution in [-0.4, -0.2) is 22.5 Å². The summed E-state index contributed by atoms with van der Waals surface area (Å²) in [6.45, 7) is 9.21. The predicted octanol–water partition coefficient (Wildman–Crippen LogP) is 9.47. The molecule has 0 aliphatic carbocycles. The van der Waals surface area contributed by atoms with Gasteiger partial charge in [0, 0.05) is 35.5 Å². The van der Waals surface area contributed by atoms with Crippen LogP contribution in [0.5, 0.6) is 0 Å². The molecule has 1 aliphatic heterocycles. The number of hydrogen-bond acceptors (Lipinski definition) is 4. The number of nitrogens with zero attached hydrogens (tertiary/aromatic N) is 3. The highest BCUT2D eigenvalue weighted by molar-refractivity contribution is 7.51. The van der Waals surface area contributed by atoms with Gasteiger partial charge in [0.15, 0.2) is 12.1 Å². The highest BCUT2D eigenvalue weighted by atomic mass is 31.2. The molecule has 0 spiro atoms. The maximum absolute atomic E-state index is 12.2. The van der Waals surface area contributed by atoms with E-state index >= 15 is 0 Å². The molecule has 7 rings (SSSR count). The minimum atomic E-state index is -4.31. The minimum absolute atomic E-state index is 0.135. The number of nitriles is 1. The fourth-order valence-corrected chi connectivity index (χ4v) is 8.07. The van der Waals surface area contributed by atoms with Gasteiger partial charge in [-0.15, -0.1) is 6.58 Å². The van der Waals surface area contributed by atoms with Gasteiger partial charge in [-0.1, -0.05) is 97.9 Å². The normalized spacial score (nSPS) is 17.5. The van der Waals surface area contributed by atoms with Gasteiger partial charge in [-0.05, 0) is 64.1 Å². The van der Waals surface area contributed by atoms with Crippen LogP contribution in [0.2, 0.25) is 0 Å². The molecular weight excluding hydrogens is 641 g/mol. The van der Waals surface area contributed by atoms with Gasteiger partial charge in [-0.25, -0.2) is 0 Å². The van der Waals surface area contributed by atoms with Gasteiger partial charge in [0.2, 0.25) is 5.58 Å². The number of fused-ring (bicyclic) bond motifs is 8. The molecule has 2 heterocycles.